The van der Waals surface area contributed by atoms with Gasteiger partial charge in [0.1, 0.15) is 39.6 Å². The van der Waals surface area contributed by atoms with Crippen LogP contribution in [0, 0.1) is 0 Å². The van der Waals surface area contributed by atoms with Crippen molar-refractivity contribution >= 4 is 27.6 Å². The van der Waals surface area contributed by atoms with Gasteiger partial charge in [-0.2, -0.15) is 0 Å². The Morgan fingerprint density at radius 2 is 0.600 bits per heavy atom. The molecule has 0 fully saturated rings. The summed E-state index contributed by atoms with van der Waals surface area (Å²) in [6, 6.07) is 33.5. The van der Waals surface area contributed by atoms with Gasteiger partial charge in [0.2, 0.25) is 0 Å². The standard InChI is InChI=1S/C21H21N3O3.C16H22O7.C14H19BrO5.C14H21NO5/c1-4-16-10-25-12-18-6-2-8-20(23-18)14-27-15-21-9-3-7-19(24-21)13-26-11-17(5-1)22-16;1-18-16(17)13-2-3-14-15(12-13)23-11-9-21-7-5-19-4-6-20-8-10-22-14;2*15-12-1-2-13-14(11-12)20-10-8-18-6-4-16-3-5-17-7-9-19-13/h1-9H,10-15H2;2-3,12H,4-11H2,1H3;1-2,11H,3-10H2;1-2,11H,3-10,15H2. The first-order valence-corrected chi connectivity index (χ1v) is 30.6. The van der Waals surface area contributed by atoms with Crippen molar-refractivity contribution in [3.05, 3.63) is 153 Å². The minimum atomic E-state index is -0.427. The Morgan fingerprint density at radius 3 is 0.922 bits per heavy atom. The van der Waals surface area contributed by atoms with Crippen LogP contribution < -0.4 is 34.2 Å². The summed E-state index contributed by atoms with van der Waals surface area (Å²) in [5.74, 6) is 3.30. The topological polar surface area (TPSA) is 257 Å². The number of nitrogen functional groups attached to an aromatic ring is 1. The first-order chi connectivity index (χ1) is 44.4. The lowest BCUT2D eigenvalue weighted by molar-refractivity contribution is 0.00708. The van der Waals surface area contributed by atoms with E-state index < -0.39 is 5.97 Å². The molecule has 25 heteroatoms. The molecule has 7 heterocycles. The van der Waals surface area contributed by atoms with Crippen LogP contribution in [0.15, 0.2) is 114 Å². The summed E-state index contributed by atoms with van der Waals surface area (Å²) in [6.45, 7) is 14.6. The Bertz CT molecular complexity index is 2700. The molecule has 0 saturated heterocycles. The molecular weight excluding hydrogens is 1240 g/mol. The van der Waals surface area contributed by atoms with Gasteiger partial charge in [-0.1, -0.05) is 34.1 Å². The summed E-state index contributed by atoms with van der Waals surface area (Å²) < 4.78 is 105. The number of benzene rings is 3. The van der Waals surface area contributed by atoms with E-state index in [0.29, 0.717) is 244 Å². The van der Waals surface area contributed by atoms with E-state index in [9.17, 15) is 4.79 Å². The van der Waals surface area contributed by atoms with Crippen molar-refractivity contribution in [2.75, 3.05) is 171 Å². The van der Waals surface area contributed by atoms with Crippen LogP contribution >= 0.6 is 15.9 Å². The Balaban J connectivity index is 0.000000172. The van der Waals surface area contributed by atoms with E-state index in [2.05, 4.69) is 30.9 Å². The maximum atomic E-state index is 11.6. The smallest absolute Gasteiger partial charge is 0.337 e. The van der Waals surface area contributed by atoms with Gasteiger partial charge in [0.05, 0.1) is 205 Å². The van der Waals surface area contributed by atoms with Gasteiger partial charge in [-0.15, -0.1) is 0 Å². The van der Waals surface area contributed by atoms with Gasteiger partial charge in [0.25, 0.3) is 0 Å². The van der Waals surface area contributed by atoms with Crippen LogP contribution in [0.4, 0.5) is 5.69 Å². The van der Waals surface area contributed by atoms with E-state index in [0.717, 1.165) is 38.6 Å². The highest BCUT2D eigenvalue weighted by Crippen LogP contribution is 2.32. The van der Waals surface area contributed by atoms with Crippen molar-refractivity contribution < 1.29 is 94.8 Å². The zero-order chi connectivity index (χ0) is 62.7. The average molecular weight is 1320 g/mol. The van der Waals surface area contributed by atoms with Crippen LogP contribution in [0.5, 0.6) is 34.5 Å². The number of pyridine rings is 3. The van der Waals surface area contributed by atoms with Gasteiger partial charge in [0, 0.05) is 16.2 Å². The van der Waals surface area contributed by atoms with E-state index >= 15 is 0 Å². The molecule has 0 radical (unpaired) electrons. The Morgan fingerprint density at radius 1 is 0.333 bits per heavy atom. The molecule has 4 aliphatic rings. The predicted octanol–water partition coefficient (Wildman–Crippen LogP) is 7.99. The summed E-state index contributed by atoms with van der Waals surface area (Å²) >= 11 is 3.42. The maximum absolute atomic E-state index is 11.6. The third-order valence-corrected chi connectivity index (χ3v) is 13.0. The highest BCUT2D eigenvalue weighted by atomic mass is 79.9. The Labute approximate surface area is 534 Å². The fourth-order valence-electron chi connectivity index (χ4n) is 8.20. The molecule has 10 rings (SSSR count). The van der Waals surface area contributed by atoms with E-state index in [1.54, 1.807) is 36.4 Å². The molecule has 0 amide bonds. The molecule has 0 saturated carbocycles. The molecule has 2 N–H and O–H groups in total. The van der Waals surface area contributed by atoms with Crippen LogP contribution in [0.25, 0.3) is 0 Å². The third-order valence-electron chi connectivity index (χ3n) is 12.5. The first kappa shape index (κ1) is 70.6. The number of anilines is 1. The fraction of sp³-hybridized carbons (Fsp3) is 0.477. The lowest BCUT2D eigenvalue weighted by Crippen LogP contribution is -2.13. The minimum Gasteiger partial charge on any atom is -0.487 e. The SMILES string of the molecule is Brc1ccc2c(c1)OCCOCCOCCOCCO2.COC(=O)c1ccc2c(c1)OCCOCCOCCOCCO2.Nc1ccc2c(c1)OCCOCCOCCOCCO2.c1cc2nc(c1)COCc1cccc(n1)COCc1cccc(n1)COC2. The highest BCUT2D eigenvalue weighted by Gasteiger charge is 2.14. The average Bonchev–Trinajstić information content (AvgIpc) is 3.58. The number of fused-ring (bicyclic) bond motifs is 9. The second kappa shape index (κ2) is 43.8. The number of halogens is 1. The molecular formula is C65H83BrN4O20. The largest absolute Gasteiger partial charge is 0.487 e. The van der Waals surface area contributed by atoms with Crippen molar-refractivity contribution in [3.63, 3.8) is 0 Å². The van der Waals surface area contributed by atoms with E-state index in [1.807, 2.05) is 72.8 Å². The van der Waals surface area contributed by atoms with Crippen LogP contribution in [0.1, 0.15) is 44.5 Å². The van der Waals surface area contributed by atoms with Crippen LogP contribution in [-0.2, 0) is 101 Å². The van der Waals surface area contributed by atoms with Gasteiger partial charge >= 0.3 is 5.97 Å². The second-order valence-corrected chi connectivity index (χ2v) is 20.3. The Hall–Kier alpha value is -6.82. The molecule has 24 nitrogen and oxygen atoms in total. The van der Waals surface area contributed by atoms with Gasteiger partial charge in [-0.3, -0.25) is 15.0 Å². The number of nitrogens with zero attached hydrogens (tertiary/aromatic N) is 3. The molecule has 0 spiro atoms. The van der Waals surface area contributed by atoms with Gasteiger partial charge in [0.15, 0.2) is 34.5 Å². The molecule has 0 unspecified atom stereocenters. The van der Waals surface area contributed by atoms with E-state index in [1.165, 1.54) is 7.11 Å². The second-order valence-electron chi connectivity index (χ2n) is 19.4. The molecule has 0 atom stereocenters. The van der Waals surface area contributed by atoms with Gasteiger partial charge < -0.3 is 95.7 Å². The number of methoxy groups -OCH3 is 1. The van der Waals surface area contributed by atoms with Crippen molar-refractivity contribution in [1.29, 1.82) is 0 Å². The zero-order valence-electron chi connectivity index (χ0n) is 51.1. The number of hydrogen-bond acceptors (Lipinski definition) is 24. The summed E-state index contributed by atoms with van der Waals surface area (Å²) in [7, 11) is 1.34. The fourth-order valence-corrected chi connectivity index (χ4v) is 8.54. The number of hydrogen-bond donors (Lipinski definition) is 1. The minimum absolute atomic E-state index is 0.345. The summed E-state index contributed by atoms with van der Waals surface area (Å²) in [5, 5.41) is 0. The molecule has 490 valence electrons. The first-order valence-electron chi connectivity index (χ1n) is 29.8. The van der Waals surface area contributed by atoms with Crippen LogP contribution in [-0.4, -0.2) is 187 Å². The van der Waals surface area contributed by atoms with Gasteiger partial charge in [-0.25, -0.2) is 4.79 Å². The van der Waals surface area contributed by atoms with Crippen molar-refractivity contribution in [2.24, 2.45) is 0 Å². The van der Waals surface area contributed by atoms with E-state index in [-0.39, 0.29) is 0 Å². The monoisotopic (exact) mass is 1320 g/mol. The predicted molar refractivity (Wildman–Crippen MR) is 331 cm³/mol. The Kier molecular flexibility index (Phi) is 34.4. The normalized spacial score (nSPS) is 17.5. The number of ether oxygens (including phenoxy) is 19. The molecule has 4 aliphatic heterocycles. The molecule has 6 aromatic rings. The molecule has 3 aromatic carbocycles. The third kappa shape index (κ3) is 29.0. The van der Waals surface area contributed by atoms with Crippen LogP contribution in [0.2, 0.25) is 0 Å². The number of aromatic nitrogens is 3. The quantitative estimate of drug-likeness (QED) is 0.121. The molecule has 90 heavy (non-hydrogen) atoms. The highest BCUT2D eigenvalue weighted by molar-refractivity contribution is 9.10. The lowest BCUT2D eigenvalue weighted by atomic mass is 10.2. The molecule has 6 bridgehead atoms. The lowest BCUT2D eigenvalue weighted by Gasteiger charge is -2.14. The molecule has 3 aromatic heterocycles. The zero-order valence-corrected chi connectivity index (χ0v) is 52.7. The molecule has 0 aliphatic carbocycles. The number of rotatable bonds is 1. The van der Waals surface area contributed by atoms with Crippen molar-refractivity contribution in [1.82, 2.24) is 15.0 Å². The van der Waals surface area contributed by atoms with Crippen LogP contribution in [0.3, 0.4) is 0 Å². The maximum Gasteiger partial charge on any atom is 0.337 e. The number of carbonyl (C=O) groups excluding carboxylic acids is 1. The van der Waals surface area contributed by atoms with E-state index in [4.69, 9.17) is 95.7 Å². The summed E-state index contributed by atoms with van der Waals surface area (Å²) in [5.41, 5.74) is 12.0. The van der Waals surface area contributed by atoms with Crippen molar-refractivity contribution in [2.45, 2.75) is 39.6 Å². The number of esters is 1. The number of carbonyl (C=O) groups is 1. The van der Waals surface area contributed by atoms with Crippen molar-refractivity contribution in [3.8, 4) is 34.5 Å². The van der Waals surface area contributed by atoms with Gasteiger partial charge in [-0.05, 0) is 84.9 Å². The number of nitrogens with two attached hydrogens (primary N) is 1. The summed E-state index contributed by atoms with van der Waals surface area (Å²) in [6.07, 6.45) is 0. The summed E-state index contributed by atoms with van der Waals surface area (Å²) in [4.78, 5) is 25.4.